The number of pyridine rings is 1. The van der Waals surface area contributed by atoms with Crippen LogP contribution in [0.4, 0.5) is 11.5 Å². The van der Waals surface area contributed by atoms with E-state index in [1.165, 1.54) is 32.1 Å². The lowest BCUT2D eigenvalue weighted by molar-refractivity contribution is 0.252. The molecule has 0 saturated heterocycles. The van der Waals surface area contributed by atoms with Crippen molar-refractivity contribution in [3.63, 3.8) is 0 Å². The van der Waals surface area contributed by atoms with E-state index in [2.05, 4.69) is 30.2 Å². The van der Waals surface area contributed by atoms with Crippen LogP contribution in [-0.2, 0) is 0 Å². The molecule has 1 aliphatic rings. The van der Waals surface area contributed by atoms with Crippen LogP contribution in [0.3, 0.4) is 0 Å². The molecule has 1 heterocycles. The fourth-order valence-corrected chi connectivity index (χ4v) is 3.43. The summed E-state index contributed by atoms with van der Waals surface area (Å²) in [6.45, 7) is 5.46. The molecule has 0 spiro atoms. The van der Waals surface area contributed by atoms with Crippen molar-refractivity contribution in [2.75, 3.05) is 17.6 Å². The summed E-state index contributed by atoms with van der Waals surface area (Å²) in [5, 5.41) is 12.4. The van der Waals surface area contributed by atoms with Crippen molar-refractivity contribution < 1.29 is 0 Å². The summed E-state index contributed by atoms with van der Waals surface area (Å²) in [4.78, 5) is 4.27. The normalized spacial score (nSPS) is 17.1. The van der Waals surface area contributed by atoms with Crippen LogP contribution in [0.15, 0.2) is 12.3 Å². The third-order valence-electron chi connectivity index (χ3n) is 4.25. The van der Waals surface area contributed by atoms with Crippen LogP contribution < -0.4 is 11.1 Å². The van der Waals surface area contributed by atoms with Gasteiger partial charge in [0.05, 0.1) is 11.3 Å². The van der Waals surface area contributed by atoms with Crippen LogP contribution in [0.25, 0.3) is 0 Å². The zero-order valence-corrected chi connectivity index (χ0v) is 12.4. The van der Waals surface area contributed by atoms with E-state index in [0.717, 1.165) is 6.54 Å². The molecule has 0 aromatic carbocycles. The van der Waals surface area contributed by atoms with E-state index in [9.17, 15) is 0 Å². The molecule has 2 rings (SSSR count). The smallest absolute Gasteiger partial charge is 0.150 e. The van der Waals surface area contributed by atoms with Gasteiger partial charge in [-0.3, -0.25) is 0 Å². The van der Waals surface area contributed by atoms with Crippen LogP contribution >= 0.6 is 0 Å². The molecule has 0 radical (unpaired) electrons. The van der Waals surface area contributed by atoms with Crippen LogP contribution in [0, 0.1) is 22.7 Å². The summed E-state index contributed by atoms with van der Waals surface area (Å²) >= 11 is 0. The zero-order valence-electron chi connectivity index (χ0n) is 12.4. The number of hydrogen-bond acceptors (Lipinski definition) is 4. The second-order valence-electron chi connectivity index (χ2n) is 6.39. The van der Waals surface area contributed by atoms with Gasteiger partial charge >= 0.3 is 0 Å². The highest BCUT2D eigenvalue weighted by atomic mass is 15.0. The van der Waals surface area contributed by atoms with Gasteiger partial charge in [-0.2, -0.15) is 5.26 Å². The first kappa shape index (κ1) is 14.6. The number of anilines is 2. The van der Waals surface area contributed by atoms with Crippen molar-refractivity contribution in [2.45, 2.75) is 46.0 Å². The summed E-state index contributed by atoms with van der Waals surface area (Å²) in [6, 6.07) is 3.75. The minimum absolute atomic E-state index is 0.366. The maximum absolute atomic E-state index is 9.01. The molecule has 1 aliphatic carbocycles. The molecule has 1 aromatic rings. The minimum atomic E-state index is 0.366. The molecule has 1 fully saturated rings. The van der Waals surface area contributed by atoms with Gasteiger partial charge in [0.15, 0.2) is 5.82 Å². The van der Waals surface area contributed by atoms with Gasteiger partial charge in [0.1, 0.15) is 6.07 Å². The van der Waals surface area contributed by atoms with E-state index in [4.69, 9.17) is 11.0 Å². The molecule has 20 heavy (non-hydrogen) atoms. The Balaban J connectivity index is 2.09. The lowest BCUT2D eigenvalue weighted by Crippen LogP contribution is -2.29. The average Bonchev–Trinajstić information content (AvgIpc) is 2.85. The SMILES string of the molecule is CC(C)CC1(CNc2nccc(C#N)c2N)CCCC1. The largest absolute Gasteiger partial charge is 0.395 e. The summed E-state index contributed by atoms with van der Waals surface area (Å²) in [6.07, 6.45) is 8.05. The Labute approximate surface area is 121 Å². The fourth-order valence-electron chi connectivity index (χ4n) is 3.43. The second kappa shape index (κ2) is 6.13. The highest BCUT2D eigenvalue weighted by Crippen LogP contribution is 2.43. The summed E-state index contributed by atoms with van der Waals surface area (Å²) < 4.78 is 0. The number of nitrogens with two attached hydrogens (primary N) is 1. The van der Waals surface area contributed by atoms with Gasteiger partial charge in [-0.15, -0.1) is 0 Å². The highest BCUT2D eigenvalue weighted by molar-refractivity contribution is 5.68. The van der Waals surface area contributed by atoms with Gasteiger partial charge in [0.25, 0.3) is 0 Å². The molecule has 1 aromatic heterocycles. The van der Waals surface area contributed by atoms with Crippen molar-refractivity contribution >= 4 is 11.5 Å². The van der Waals surface area contributed by atoms with Gasteiger partial charge in [0, 0.05) is 12.7 Å². The highest BCUT2D eigenvalue weighted by Gasteiger charge is 2.34. The number of nitrogens with one attached hydrogen (secondary N) is 1. The number of nitriles is 1. The van der Waals surface area contributed by atoms with Crippen molar-refractivity contribution in [2.24, 2.45) is 11.3 Å². The quantitative estimate of drug-likeness (QED) is 0.859. The topological polar surface area (TPSA) is 74.7 Å². The third kappa shape index (κ3) is 3.22. The van der Waals surface area contributed by atoms with E-state index >= 15 is 0 Å². The van der Waals surface area contributed by atoms with Gasteiger partial charge in [0.2, 0.25) is 0 Å². The third-order valence-corrected chi connectivity index (χ3v) is 4.25. The molecule has 0 unspecified atom stereocenters. The Kier molecular flexibility index (Phi) is 4.49. The van der Waals surface area contributed by atoms with E-state index in [1.54, 1.807) is 12.3 Å². The van der Waals surface area contributed by atoms with Gasteiger partial charge in [-0.05, 0) is 36.7 Å². The number of aromatic nitrogens is 1. The number of rotatable bonds is 5. The molecule has 108 valence electrons. The first-order valence-electron chi connectivity index (χ1n) is 7.45. The number of nitrogen functional groups attached to an aromatic ring is 1. The lowest BCUT2D eigenvalue weighted by Gasteiger charge is -2.31. The fraction of sp³-hybridized carbons (Fsp3) is 0.625. The van der Waals surface area contributed by atoms with Crippen LogP contribution in [0.1, 0.15) is 51.5 Å². The van der Waals surface area contributed by atoms with Crippen molar-refractivity contribution in [1.82, 2.24) is 4.98 Å². The predicted molar refractivity (Wildman–Crippen MR) is 82.2 cm³/mol. The summed E-state index contributed by atoms with van der Waals surface area (Å²) in [5.41, 5.74) is 7.30. The molecule has 0 atom stereocenters. The number of hydrogen-bond donors (Lipinski definition) is 2. The zero-order chi connectivity index (χ0) is 14.6. The van der Waals surface area contributed by atoms with Crippen LogP contribution in [0.2, 0.25) is 0 Å². The second-order valence-corrected chi connectivity index (χ2v) is 6.39. The molecule has 0 bridgehead atoms. The van der Waals surface area contributed by atoms with Gasteiger partial charge in [-0.1, -0.05) is 26.7 Å². The molecule has 4 nitrogen and oxygen atoms in total. The molecule has 0 aliphatic heterocycles. The van der Waals surface area contributed by atoms with E-state index in [0.29, 0.717) is 28.4 Å². The molecule has 4 heteroatoms. The van der Waals surface area contributed by atoms with Gasteiger partial charge in [-0.25, -0.2) is 4.98 Å². The predicted octanol–water partition coefficient (Wildman–Crippen LogP) is 3.55. The first-order chi connectivity index (χ1) is 9.56. The van der Waals surface area contributed by atoms with E-state index < -0.39 is 0 Å². The van der Waals surface area contributed by atoms with E-state index in [-0.39, 0.29) is 0 Å². The molecule has 3 N–H and O–H groups in total. The van der Waals surface area contributed by atoms with Crippen molar-refractivity contribution in [3.8, 4) is 6.07 Å². The van der Waals surface area contributed by atoms with Crippen molar-refractivity contribution in [3.05, 3.63) is 17.8 Å². The molecule has 0 amide bonds. The van der Waals surface area contributed by atoms with Crippen LogP contribution in [-0.4, -0.2) is 11.5 Å². The first-order valence-corrected chi connectivity index (χ1v) is 7.45. The Morgan fingerprint density at radius 3 is 2.75 bits per heavy atom. The Hall–Kier alpha value is -1.76. The molecular formula is C16H24N4. The number of nitrogens with zero attached hydrogens (tertiary/aromatic N) is 2. The minimum Gasteiger partial charge on any atom is -0.395 e. The monoisotopic (exact) mass is 272 g/mol. The van der Waals surface area contributed by atoms with Crippen molar-refractivity contribution in [1.29, 1.82) is 5.26 Å². The average molecular weight is 272 g/mol. The summed E-state index contributed by atoms with van der Waals surface area (Å²) in [5.74, 6) is 1.35. The molecule has 1 saturated carbocycles. The molecular weight excluding hydrogens is 248 g/mol. The van der Waals surface area contributed by atoms with Gasteiger partial charge < -0.3 is 11.1 Å². The lowest BCUT2D eigenvalue weighted by atomic mass is 9.78. The Morgan fingerprint density at radius 1 is 1.45 bits per heavy atom. The summed E-state index contributed by atoms with van der Waals surface area (Å²) in [7, 11) is 0. The van der Waals surface area contributed by atoms with Crippen LogP contribution in [0.5, 0.6) is 0 Å². The Morgan fingerprint density at radius 2 is 2.15 bits per heavy atom. The maximum atomic E-state index is 9.01. The van der Waals surface area contributed by atoms with E-state index in [1.807, 2.05) is 0 Å². The maximum Gasteiger partial charge on any atom is 0.150 e. The standard InChI is InChI=1S/C16H24N4/c1-12(2)9-16(6-3-4-7-16)11-20-15-14(18)13(10-17)5-8-19-15/h5,8,12H,3-4,6-7,9,11,18H2,1-2H3,(H,19,20). The Bertz CT molecular complexity index is 496.